The van der Waals surface area contributed by atoms with Gasteiger partial charge in [0.1, 0.15) is 0 Å². The van der Waals surface area contributed by atoms with Crippen LogP contribution < -0.4 is 0 Å². The third-order valence-electron chi connectivity index (χ3n) is 12.0. The minimum Gasteiger partial charge on any atom is -0.297 e. The molecule has 1 nitrogen and oxygen atoms in total. The molecule has 59 heavy (non-hydrogen) atoms. The molecule has 6 heteroatoms. The molecule has 0 unspecified atom stereocenters. The van der Waals surface area contributed by atoms with Gasteiger partial charge in [0.25, 0.3) is 0 Å². The summed E-state index contributed by atoms with van der Waals surface area (Å²) in [6, 6.07) is 14.8. The van der Waals surface area contributed by atoms with Crippen molar-refractivity contribution in [1.29, 1.82) is 0 Å². The monoisotopic (exact) mass is 888 g/mol. The third kappa shape index (κ3) is 15.8. The molecule has 0 saturated heterocycles. The summed E-state index contributed by atoms with van der Waals surface area (Å²) in [6.07, 6.45) is 37.4. The second-order valence-electron chi connectivity index (χ2n) is 17.1. The first-order valence-corrected chi connectivity index (χ1v) is 28.2. The summed E-state index contributed by atoms with van der Waals surface area (Å²) in [4.78, 5) is 24.5. The fourth-order valence-corrected chi connectivity index (χ4v) is 14.2. The number of aldehydes is 1. The van der Waals surface area contributed by atoms with Gasteiger partial charge in [0.2, 0.25) is 0 Å². The lowest BCUT2D eigenvalue weighted by Crippen LogP contribution is -1.88. The highest BCUT2D eigenvalue weighted by Gasteiger charge is 2.20. The van der Waals surface area contributed by atoms with Crippen LogP contribution in [0.25, 0.3) is 39.0 Å². The van der Waals surface area contributed by atoms with Crippen molar-refractivity contribution in [2.45, 2.75) is 207 Å². The Hall–Kier alpha value is -1.83. The molecule has 0 radical (unpaired) electrons. The second-order valence-corrected chi connectivity index (χ2v) is 22.3. The summed E-state index contributed by atoms with van der Waals surface area (Å²) in [7, 11) is 0. The van der Waals surface area contributed by atoms with Gasteiger partial charge in [0, 0.05) is 39.0 Å². The van der Waals surface area contributed by atoms with Gasteiger partial charge in [-0.1, -0.05) is 156 Å². The van der Waals surface area contributed by atoms with E-state index in [9.17, 15) is 4.79 Å². The number of thiophene rings is 5. The van der Waals surface area contributed by atoms with E-state index in [1.807, 2.05) is 45.3 Å². The van der Waals surface area contributed by atoms with Crippen LogP contribution in [0.4, 0.5) is 0 Å². The molecule has 0 bridgehead atoms. The van der Waals surface area contributed by atoms with E-state index in [-0.39, 0.29) is 0 Å². The summed E-state index contributed by atoms with van der Waals surface area (Å²) in [5.74, 6) is 0. The van der Waals surface area contributed by atoms with Crippen molar-refractivity contribution < 1.29 is 4.79 Å². The van der Waals surface area contributed by atoms with Crippen molar-refractivity contribution in [3.63, 3.8) is 0 Å². The summed E-state index contributed by atoms with van der Waals surface area (Å²) >= 11 is 9.69. The minimum absolute atomic E-state index is 0.936. The predicted molar refractivity (Wildman–Crippen MR) is 271 cm³/mol. The predicted octanol–water partition coefficient (Wildman–Crippen LogP) is 20.1. The molecule has 0 spiro atoms. The van der Waals surface area contributed by atoms with E-state index in [2.05, 4.69) is 69.5 Å². The van der Waals surface area contributed by atoms with Crippen LogP contribution in [-0.2, 0) is 25.7 Å². The molecule has 0 aliphatic carbocycles. The zero-order chi connectivity index (χ0) is 41.5. The molecule has 0 atom stereocenters. The molecular formula is C53H76OS5. The van der Waals surface area contributed by atoms with Crippen molar-refractivity contribution >= 4 is 63.0 Å². The molecule has 324 valence electrons. The van der Waals surface area contributed by atoms with Gasteiger partial charge in [-0.15, -0.1) is 56.7 Å². The highest BCUT2D eigenvalue weighted by Crippen LogP contribution is 2.48. The summed E-state index contributed by atoms with van der Waals surface area (Å²) in [5.41, 5.74) is 5.84. The number of aryl methyl sites for hydroxylation is 4. The van der Waals surface area contributed by atoms with Crippen LogP contribution in [-0.4, -0.2) is 6.29 Å². The standard InChI is InChI=1S/C53H76OS5/c1-5-9-13-17-21-25-29-41-35-47(55-40-41)48-37-43(31-27-23-19-15-11-7-3)52(58-48)45-33-34-46(56-45)53-44(32-28-24-20-16-12-8-4)38-50(59-53)49-36-42(51(39-54)57-49)30-26-22-18-14-10-6-2/h33-40H,5-32H2,1-4H3. The summed E-state index contributed by atoms with van der Waals surface area (Å²) in [6.45, 7) is 9.20. The van der Waals surface area contributed by atoms with Gasteiger partial charge in [-0.05, 0) is 115 Å². The smallest absolute Gasteiger partial charge is 0.160 e. The maximum Gasteiger partial charge on any atom is 0.160 e. The molecule has 0 fully saturated rings. The number of carbonyl (C=O) groups is 1. The first kappa shape index (κ1) is 48.2. The number of hydrogen-bond acceptors (Lipinski definition) is 6. The average molecular weight is 890 g/mol. The van der Waals surface area contributed by atoms with Crippen LogP contribution in [0.5, 0.6) is 0 Å². The van der Waals surface area contributed by atoms with Crippen molar-refractivity contribution in [3.8, 4) is 39.0 Å². The van der Waals surface area contributed by atoms with E-state index in [4.69, 9.17) is 0 Å². The Bertz CT molecular complexity index is 1880. The van der Waals surface area contributed by atoms with Gasteiger partial charge in [0.05, 0.1) is 4.88 Å². The molecular weight excluding hydrogens is 813 g/mol. The molecule has 0 aromatic carbocycles. The van der Waals surface area contributed by atoms with Crippen LogP contribution in [0.3, 0.4) is 0 Å². The van der Waals surface area contributed by atoms with E-state index in [1.54, 1.807) is 16.9 Å². The number of rotatable bonds is 33. The third-order valence-corrected chi connectivity index (χ3v) is 18.3. The van der Waals surface area contributed by atoms with Crippen molar-refractivity contribution in [1.82, 2.24) is 0 Å². The second kappa shape index (κ2) is 28.0. The van der Waals surface area contributed by atoms with E-state index in [0.29, 0.717) is 0 Å². The van der Waals surface area contributed by atoms with Crippen LogP contribution in [0.2, 0.25) is 0 Å². The molecule has 5 aromatic heterocycles. The average Bonchev–Trinajstić information content (AvgIpc) is 4.10. The summed E-state index contributed by atoms with van der Waals surface area (Å²) in [5, 5.41) is 2.43. The lowest BCUT2D eigenvalue weighted by atomic mass is 10.0. The SMILES string of the molecule is CCCCCCCCc1csc(-c2cc(CCCCCCCC)c(-c3ccc(-c4sc(-c5cc(CCCCCCCC)c(C=O)s5)cc4CCCCCCCC)s3)s2)c1. The number of unbranched alkanes of at least 4 members (excludes halogenated alkanes) is 20. The van der Waals surface area contributed by atoms with E-state index in [0.717, 1.165) is 24.0 Å². The van der Waals surface area contributed by atoms with Crippen molar-refractivity contribution in [2.24, 2.45) is 0 Å². The maximum atomic E-state index is 12.3. The maximum absolute atomic E-state index is 12.3. The first-order valence-electron chi connectivity index (χ1n) is 24.1. The fraction of sp³-hybridized carbons (Fsp3) is 0.604. The van der Waals surface area contributed by atoms with E-state index in [1.165, 1.54) is 223 Å². The van der Waals surface area contributed by atoms with E-state index >= 15 is 0 Å². The molecule has 5 aromatic rings. The van der Waals surface area contributed by atoms with Crippen molar-refractivity contribution in [3.05, 3.63) is 68.9 Å². The van der Waals surface area contributed by atoms with Gasteiger partial charge < -0.3 is 0 Å². The minimum atomic E-state index is 0.936. The lowest BCUT2D eigenvalue weighted by molar-refractivity contribution is 0.112. The lowest BCUT2D eigenvalue weighted by Gasteiger charge is -2.04. The first-order chi connectivity index (χ1) is 29.1. The highest BCUT2D eigenvalue weighted by molar-refractivity contribution is 7.30. The Morgan fingerprint density at radius 1 is 0.390 bits per heavy atom. The quantitative estimate of drug-likeness (QED) is 0.0303. The van der Waals surface area contributed by atoms with Gasteiger partial charge in [0.15, 0.2) is 6.29 Å². The molecule has 0 saturated carbocycles. The highest BCUT2D eigenvalue weighted by atomic mass is 32.1. The molecule has 0 amide bonds. The normalized spacial score (nSPS) is 11.7. The zero-order valence-corrected chi connectivity index (χ0v) is 41.4. The zero-order valence-electron chi connectivity index (χ0n) is 37.4. The number of hydrogen-bond donors (Lipinski definition) is 0. The van der Waals surface area contributed by atoms with Crippen LogP contribution in [0.15, 0.2) is 41.8 Å². The Morgan fingerprint density at radius 2 is 0.780 bits per heavy atom. The fourth-order valence-electron chi connectivity index (χ4n) is 8.36. The summed E-state index contributed by atoms with van der Waals surface area (Å²) < 4.78 is 0. The van der Waals surface area contributed by atoms with Crippen LogP contribution >= 0.6 is 56.7 Å². The van der Waals surface area contributed by atoms with E-state index < -0.39 is 0 Å². The van der Waals surface area contributed by atoms with Crippen LogP contribution in [0.1, 0.15) is 214 Å². The van der Waals surface area contributed by atoms with Crippen molar-refractivity contribution in [2.75, 3.05) is 0 Å². The molecule has 0 aliphatic rings. The molecule has 0 aliphatic heterocycles. The molecule has 0 N–H and O–H groups in total. The molecule has 5 heterocycles. The Labute approximate surface area is 380 Å². The topological polar surface area (TPSA) is 17.1 Å². The van der Waals surface area contributed by atoms with Gasteiger partial charge in [-0.3, -0.25) is 4.79 Å². The molecule has 5 rings (SSSR count). The largest absolute Gasteiger partial charge is 0.297 e. The Balaban J connectivity index is 1.38. The van der Waals surface area contributed by atoms with Gasteiger partial charge in [-0.2, -0.15) is 0 Å². The number of carbonyl (C=O) groups excluding carboxylic acids is 1. The Kier molecular flexibility index (Phi) is 22.9. The Morgan fingerprint density at radius 3 is 1.25 bits per heavy atom. The van der Waals surface area contributed by atoms with Gasteiger partial charge >= 0.3 is 0 Å². The van der Waals surface area contributed by atoms with Gasteiger partial charge in [-0.25, -0.2) is 0 Å². The van der Waals surface area contributed by atoms with Crippen LogP contribution in [0, 0.1) is 0 Å².